The van der Waals surface area contributed by atoms with Crippen molar-refractivity contribution in [2.75, 3.05) is 13.2 Å². The summed E-state index contributed by atoms with van der Waals surface area (Å²) in [6, 6.07) is 0. The number of hydrogen-bond acceptors (Lipinski definition) is 15. The second-order valence-electron chi connectivity index (χ2n) is 16.9. The summed E-state index contributed by atoms with van der Waals surface area (Å²) in [5, 5.41) is 61.6. The molecule has 0 aromatic heterocycles. The van der Waals surface area contributed by atoms with Crippen LogP contribution < -0.4 is 0 Å². The molecule has 67 heavy (non-hydrogen) atoms. The van der Waals surface area contributed by atoms with Crippen LogP contribution in [0.5, 0.6) is 0 Å². The van der Waals surface area contributed by atoms with Crippen LogP contribution in [0.3, 0.4) is 0 Å². The number of carbonyl (C=O) groups is 2. The second-order valence-corrected chi connectivity index (χ2v) is 19.5. The van der Waals surface area contributed by atoms with Crippen molar-refractivity contribution in [3.05, 3.63) is 60.8 Å². The zero-order valence-corrected chi connectivity index (χ0v) is 41.3. The fourth-order valence-electron chi connectivity index (χ4n) is 6.92. The maximum Gasteiger partial charge on any atom is 0.472 e. The van der Waals surface area contributed by atoms with Crippen molar-refractivity contribution in [2.45, 2.75) is 210 Å². The van der Waals surface area contributed by atoms with Crippen LogP contribution in [0.15, 0.2) is 60.8 Å². The minimum Gasteiger partial charge on any atom is -0.462 e. The molecule has 0 amide bonds. The Bertz CT molecular complexity index is 1560. The fourth-order valence-corrected chi connectivity index (χ4v) is 8.46. The minimum atomic E-state index is -5.39. The van der Waals surface area contributed by atoms with Gasteiger partial charge in [-0.15, -0.1) is 0 Å². The molecule has 0 aliphatic heterocycles. The fraction of sp³-hybridized carbons (Fsp3) is 0.745. The Balaban J connectivity index is 2.70. The van der Waals surface area contributed by atoms with Gasteiger partial charge in [-0.2, -0.15) is 0 Å². The van der Waals surface area contributed by atoms with E-state index >= 15 is 0 Å². The van der Waals surface area contributed by atoms with E-state index in [-0.39, 0.29) is 25.7 Å². The van der Waals surface area contributed by atoms with Gasteiger partial charge in [0.25, 0.3) is 0 Å². The van der Waals surface area contributed by atoms with Crippen molar-refractivity contribution in [1.82, 2.24) is 0 Å². The van der Waals surface area contributed by atoms with E-state index in [1.807, 2.05) is 6.08 Å². The van der Waals surface area contributed by atoms with Gasteiger partial charge >= 0.3 is 27.6 Å². The van der Waals surface area contributed by atoms with Crippen LogP contribution in [0, 0.1) is 0 Å². The summed E-state index contributed by atoms with van der Waals surface area (Å²) in [7, 11) is -10.8. The zero-order valence-electron chi connectivity index (χ0n) is 39.5. The number of unbranched alkanes of at least 4 members (excludes halogenated alkanes) is 14. The van der Waals surface area contributed by atoms with Gasteiger partial charge in [-0.25, -0.2) is 9.13 Å². The van der Waals surface area contributed by atoms with Crippen molar-refractivity contribution < 1.29 is 87.1 Å². The Hall–Kier alpha value is -2.38. The van der Waals surface area contributed by atoms with Crippen molar-refractivity contribution >= 4 is 27.6 Å². The molecule has 0 aromatic rings. The smallest absolute Gasteiger partial charge is 0.462 e. The zero-order chi connectivity index (χ0) is 49.9. The number of aliphatic hydroxyl groups is 6. The lowest BCUT2D eigenvalue weighted by Crippen LogP contribution is -2.64. The van der Waals surface area contributed by atoms with E-state index in [1.165, 1.54) is 38.2 Å². The molecule has 9 N–H and O–H groups in total. The Kier molecular flexibility index (Phi) is 35.0. The predicted octanol–water partition coefficient (Wildman–Crippen LogP) is 7.00. The molecule has 1 fully saturated rings. The van der Waals surface area contributed by atoms with E-state index in [0.29, 0.717) is 12.8 Å². The topological polar surface area (TPSA) is 296 Å². The lowest BCUT2D eigenvalue weighted by molar-refractivity contribution is -0.216. The highest BCUT2D eigenvalue weighted by atomic mass is 31.2. The average molecular weight is 997 g/mol. The summed E-state index contributed by atoms with van der Waals surface area (Å²) < 4.78 is 49.2. The molecule has 388 valence electrons. The first kappa shape index (κ1) is 62.6. The second kappa shape index (κ2) is 37.4. The third-order valence-electron chi connectivity index (χ3n) is 10.8. The van der Waals surface area contributed by atoms with E-state index < -0.39 is 95.7 Å². The Morgan fingerprint density at radius 3 is 1.64 bits per heavy atom. The van der Waals surface area contributed by atoms with Crippen molar-refractivity contribution in [2.24, 2.45) is 0 Å². The number of hydrogen-bond donors (Lipinski definition) is 9. The number of carbonyl (C=O) groups excluding carboxylic acids is 2. The number of aliphatic hydroxyl groups excluding tert-OH is 6. The van der Waals surface area contributed by atoms with E-state index in [2.05, 4.69) is 36.6 Å². The van der Waals surface area contributed by atoms with Gasteiger partial charge in [-0.3, -0.25) is 23.2 Å². The van der Waals surface area contributed by atoms with Crippen LogP contribution in [0.2, 0.25) is 0 Å². The highest BCUT2D eigenvalue weighted by Crippen LogP contribution is 2.49. The third-order valence-corrected chi connectivity index (χ3v) is 12.3. The highest BCUT2D eigenvalue weighted by molar-refractivity contribution is 7.47. The number of esters is 2. The summed E-state index contributed by atoms with van der Waals surface area (Å²) in [6.07, 6.45) is 20.8. The third kappa shape index (κ3) is 32.2. The quantitative estimate of drug-likeness (QED) is 0.00984. The summed E-state index contributed by atoms with van der Waals surface area (Å²) >= 11 is 0. The molecule has 0 spiro atoms. The van der Waals surface area contributed by atoms with Crippen molar-refractivity contribution in [1.29, 1.82) is 0 Å². The van der Waals surface area contributed by atoms with E-state index in [1.54, 1.807) is 30.4 Å². The van der Waals surface area contributed by atoms with Gasteiger partial charge in [-0.05, 0) is 64.2 Å². The summed E-state index contributed by atoms with van der Waals surface area (Å²) in [4.78, 5) is 54.3. The first-order valence-electron chi connectivity index (χ1n) is 24.1. The number of rotatable bonds is 39. The predicted molar refractivity (Wildman–Crippen MR) is 253 cm³/mol. The van der Waals surface area contributed by atoms with Gasteiger partial charge in [0, 0.05) is 12.8 Å². The summed E-state index contributed by atoms with van der Waals surface area (Å²) in [5.74, 6) is -1.45. The van der Waals surface area contributed by atoms with Gasteiger partial charge in [0.05, 0.1) is 18.8 Å². The summed E-state index contributed by atoms with van der Waals surface area (Å²) in [6.45, 7) is 2.82. The Morgan fingerprint density at radius 1 is 0.552 bits per heavy atom. The van der Waals surface area contributed by atoms with Gasteiger partial charge in [-0.1, -0.05) is 139 Å². The molecule has 1 saturated carbocycles. The molecule has 1 rings (SSSR count). The van der Waals surface area contributed by atoms with Crippen LogP contribution in [0.4, 0.5) is 0 Å². The minimum absolute atomic E-state index is 0.0158. The molecule has 10 atom stereocenters. The van der Waals surface area contributed by atoms with Crippen LogP contribution in [-0.2, 0) is 41.8 Å². The largest absolute Gasteiger partial charge is 0.472 e. The first-order valence-corrected chi connectivity index (χ1v) is 27.1. The van der Waals surface area contributed by atoms with E-state index in [9.17, 15) is 64.0 Å². The van der Waals surface area contributed by atoms with Gasteiger partial charge in [0.15, 0.2) is 6.10 Å². The molecule has 20 heteroatoms. The molecule has 0 heterocycles. The molecular formula is C47H82O18P2. The van der Waals surface area contributed by atoms with Gasteiger partial charge < -0.3 is 54.8 Å². The lowest BCUT2D eigenvalue weighted by Gasteiger charge is -2.43. The molecule has 18 nitrogen and oxygen atoms in total. The molecule has 0 radical (unpaired) electrons. The maximum atomic E-state index is 13.0. The molecule has 1 aliphatic carbocycles. The number of phosphoric acid groups is 2. The van der Waals surface area contributed by atoms with Crippen LogP contribution in [-0.4, -0.2) is 125 Å². The summed E-state index contributed by atoms with van der Waals surface area (Å²) in [5.41, 5.74) is 0. The lowest BCUT2D eigenvalue weighted by atomic mass is 9.85. The highest BCUT2D eigenvalue weighted by Gasteiger charge is 2.54. The van der Waals surface area contributed by atoms with Crippen LogP contribution in [0.1, 0.15) is 155 Å². The van der Waals surface area contributed by atoms with E-state index in [4.69, 9.17) is 18.5 Å². The SMILES string of the molecule is CCCCC/C=C\C[C@@H](O)/C=C/C=C/C=C\[C@@H](O)CCCC(=O)OC[C@H](COP(=O)(O)O[C@H]1C(O)C(O)C(O)[C@@H](OP(=O)(O)O)C1O)OC(=O)CCCCCCCCC/C=C\CCCCCC. The average Bonchev–Trinajstić information content (AvgIpc) is 3.27. The Morgan fingerprint density at radius 2 is 1.04 bits per heavy atom. The van der Waals surface area contributed by atoms with Crippen molar-refractivity contribution in [3.8, 4) is 0 Å². The standard InChI is InChI=1S/C47H82O18P2/c1-3-5-7-9-11-12-13-14-15-16-17-18-19-21-27-33-41(51)63-39(36-62-67(59,60)65-47-44(54)42(52)43(53)46(45(47)55)64-66(56,57)58)35-61-40(50)34-28-32-38(49)31-26-23-22-25-30-37(48)29-24-20-10-8-6-4-2/h12-13,20,22-26,30-31,37-39,42-49,52-55H,3-11,14-19,21,27-29,32-36H2,1-2H3,(H,59,60)(H2,56,57,58)/b13-12-,23-22+,24-20-,30-25+,31-26-/t37-,38-,39-,42?,43?,44?,45?,46-,47+/m1/s1. The molecular weight excluding hydrogens is 914 g/mol. The molecule has 0 bridgehead atoms. The Labute approximate surface area is 397 Å². The van der Waals surface area contributed by atoms with Crippen LogP contribution >= 0.6 is 15.6 Å². The molecule has 5 unspecified atom stereocenters. The molecule has 0 saturated heterocycles. The van der Waals surface area contributed by atoms with E-state index in [0.717, 1.165) is 70.6 Å². The maximum absolute atomic E-state index is 13.0. The van der Waals surface area contributed by atoms with Gasteiger partial charge in [0.2, 0.25) is 0 Å². The number of phosphoric ester groups is 2. The van der Waals surface area contributed by atoms with Gasteiger partial charge in [0.1, 0.15) is 43.2 Å². The number of allylic oxidation sites excluding steroid dienone is 7. The van der Waals surface area contributed by atoms with Crippen molar-refractivity contribution in [3.63, 3.8) is 0 Å². The normalized spacial score (nSPS) is 22.9. The number of ether oxygens (including phenoxy) is 2. The van der Waals surface area contributed by atoms with Crippen LogP contribution in [0.25, 0.3) is 0 Å². The first-order chi connectivity index (χ1) is 31.9. The molecule has 0 aromatic carbocycles. The molecule has 1 aliphatic rings. The monoisotopic (exact) mass is 996 g/mol.